The number of sulfone groups is 1. The Balaban J connectivity index is 1.84. The van der Waals surface area contributed by atoms with Crippen LogP contribution in [0.1, 0.15) is 37.7 Å². The Hall–Kier alpha value is -1.82. The number of nitrogens with zero attached hydrogens (tertiary/aromatic N) is 1. The maximum absolute atomic E-state index is 13.6. The van der Waals surface area contributed by atoms with Crippen molar-refractivity contribution in [1.82, 2.24) is 4.98 Å². The minimum Gasteiger partial charge on any atom is -0.240 e. The summed E-state index contributed by atoms with van der Waals surface area (Å²) in [6, 6.07) is 18.2. The molecular formula is C24H24ClNO2S2. The number of pyridine rings is 1. The molecule has 2 aromatic carbocycles. The van der Waals surface area contributed by atoms with Crippen LogP contribution in [-0.2, 0) is 9.84 Å². The van der Waals surface area contributed by atoms with Gasteiger partial charge in [-0.2, -0.15) is 0 Å². The van der Waals surface area contributed by atoms with Crippen LogP contribution in [0.4, 0.5) is 0 Å². The third kappa shape index (κ3) is 4.58. The lowest BCUT2D eigenvalue weighted by Crippen LogP contribution is -2.12. The maximum Gasteiger partial charge on any atom is 0.209 e. The first kappa shape index (κ1) is 21.4. The topological polar surface area (TPSA) is 47.0 Å². The summed E-state index contributed by atoms with van der Waals surface area (Å²) < 4.78 is 27.2. The lowest BCUT2D eigenvalue weighted by molar-refractivity contribution is 0.515. The van der Waals surface area contributed by atoms with Gasteiger partial charge in [0, 0.05) is 15.8 Å². The van der Waals surface area contributed by atoms with Crippen molar-refractivity contribution in [3.63, 3.8) is 0 Å². The monoisotopic (exact) mass is 457 g/mol. The van der Waals surface area contributed by atoms with Gasteiger partial charge in [0.2, 0.25) is 9.84 Å². The number of benzene rings is 2. The molecule has 0 radical (unpaired) electrons. The average molecular weight is 458 g/mol. The number of hydrogen-bond donors (Lipinski definition) is 0. The highest BCUT2D eigenvalue weighted by Crippen LogP contribution is 2.40. The summed E-state index contributed by atoms with van der Waals surface area (Å²) in [6.45, 7) is 1.86. The highest BCUT2D eigenvalue weighted by atomic mass is 35.5. The fraction of sp³-hybridized carbons (Fsp3) is 0.292. The van der Waals surface area contributed by atoms with Crippen molar-refractivity contribution in [3.8, 4) is 11.3 Å². The average Bonchev–Trinajstić information content (AvgIpc) is 2.75. The SMILES string of the molecule is Cc1cc(-c2ccccc2)nc(SC2CCCCC2)c1S(=O)(=O)c1ccc(Cl)cc1. The number of hydrogen-bond acceptors (Lipinski definition) is 4. The fourth-order valence-corrected chi connectivity index (χ4v) is 7.26. The van der Waals surface area contributed by atoms with Crippen molar-refractivity contribution >= 4 is 33.2 Å². The summed E-state index contributed by atoms with van der Waals surface area (Å²) in [7, 11) is -3.71. The van der Waals surface area contributed by atoms with Crippen LogP contribution in [0.5, 0.6) is 0 Å². The Bertz CT molecular complexity index is 1120. The Labute approximate surface area is 187 Å². The van der Waals surface area contributed by atoms with Crippen LogP contribution < -0.4 is 0 Å². The molecule has 0 amide bonds. The molecule has 4 rings (SSSR count). The smallest absolute Gasteiger partial charge is 0.209 e. The van der Waals surface area contributed by atoms with E-state index in [0.717, 1.165) is 29.7 Å². The zero-order valence-corrected chi connectivity index (χ0v) is 19.2. The van der Waals surface area contributed by atoms with Gasteiger partial charge < -0.3 is 0 Å². The van der Waals surface area contributed by atoms with E-state index in [0.29, 0.717) is 20.2 Å². The minimum atomic E-state index is -3.71. The molecule has 1 heterocycles. The number of halogens is 1. The van der Waals surface area contributed by atoms with Crippen LogP contribution in [0.3, 0.4) is 0 Å². The van der Waals surface area contributed by atoms with E-state index in [1.54, 1.807) is 36.0 Å². The molecule has 30 heavy (non-hydrogen) atoms. The summed E-state index contributed by atoms with van der Waals surface area (Å²) in [5.74, 6) is 0. The van der Waals surface area contributed by atoms with Crippen LogP contribution in [0.25, 0.3) is 11.3 Å². The van der Waals surface area contributed by atoms with E-state index in [9.17, 15) is 8.42 Å². The Morgan fingerprint density at radius 3 is 2.30 bits per heavy atom. The second kappa shape index (κ2) is 9.13. The second-order valence-electron chi connectivity index (χ2n) is 7.66. The molecule has 1 fully saturated rings. The first-order valence-corrected chi connectivity index (χ1v) is 12.9. The van der Waals surface area contributed by atoms with Crippen molar-refractivity contribution in [3.05, 3.63) is 71.2 Å². The summed E-state index contributed by atoms with van der Waals surface area (Å²) in [6.07, 6.45) is 5.83. The third-order valence-corrected chi connectivity index (χ3v) is 9.07. The van der Waals surface area contributed by atoms with E-state index in [4.69, 9.17) is 16.6 Å². The van der Waals surface area contributed by atoms with Crippen LogP contribution in [0, 0.1) is 6.92 Å². The van der Waals surface area contributed by atoms with Gasteiger partial charge in [-0.3, -0.25) is 0 Å². The van der Waals surface area contributed by atoms with Crippen molar-refractivity contribution in [2.24, 2.45) is 0 Å². The van der Waals surface area contributed by atoms with Gasteiger partial charge >= 0.3 is 0 Å². The van der Waals surface area contributed by atoms with Gasteiger partial charge in [-0.15, -0.1) is 11.8 Å². The van der Waals surface area contributed by atoms with E-state index < -0.39 is 9.84 Å². The molecule has 1 saturated carbocycles. The number of aryl methyl sites for hydroxylation is 1. The maximum atomic E-state index is 13.6. The first-order chi connectivity index (χ1) is 14.4. The van der Waals surface area contributed by atoms with E-state index >= 15 is 0 Å². The normalized spacial score (nSPS) is 15.3. The lowest BCUT2D eigenvalue weighted by Gasteiger charge is -2.22. The molecule has 6 heteroatoms. The van der Waals surface area contributed by atoms with Crippen molar-refractivity contribution < 1.29 is 8.42 Å². The van der Waals surface area contributed by atoms with Gasteiger partial charge in [0.1, 0.15) is 9.92 Å². The molecule has 3 aromatic rings. The predicted octanol–water partition coefficient (Wildman–Crippen LogP) is 6.97. The third-order valence-electron chi connectivity index (χ3n) is 5.42. The molecule has 0 unspecified atom stereocenters. The van der Waals surface area contributed by atoms with E-state index in [1.165, 1.54) is 19.3 Å². The number of thioether (sulfide) groups is 1. The molecule has 0 atom stereocenters. The minimum absolute atomic E-state index is 0.245. The van der Waals surface area contributed by atoms with Gasteiger partial charge in [0.05, 0.1) is 10.6 Å². The van der Waals surface area contributed by atoms with Crippen LogP contribution >= 0.6 is 23.4 Å². The van der Waals surface area contributed by atoms with E-state index in [-0.39, 0.29) is 4.90 Å². The summed E-state index contributed by atoms with van der Waals surface area (Å²) in [5.41, 5.74) is 2.51. The number of aromatic nitrogens is 1. The standard InChI is InChI=1S/C24H24ClNO2S2/c1-17-16-22(18-8-4-2-5-9-18)26-24(29-20-10-6-3-7-11-20)23(17)30(27,28)21-14-12-19(25)13-15-21/h2,4-5,8-9,12-16,20H,3,6-7,10-11H2,1H3. The lowest BCUT2D eigenvalue weighted by atomic mass is 10.0. The molecule has 0 saturated heterocycles. The molecule has 1 aromatic heterocycles. The molecule has 1 aliphatic carbocycles. The van der Waals surface area contributed by atoms with Gasteiger partial charge in [-0.05, 0) is 55.7 Å². The molecule has 0 N–H and O–H groups in total. The number of rotatable bonds is 5. The Morgan fingerprint density at radius 2 is 1.63 bits per heavy atom. The van der Waals surface area contributed by atoms with Crippen molar-refractivity contribution in [2.45, 2.75) is 59.1 Å². The van der Waals surface area contributed by atoms with E-state index in [1.807, 2.05) is 43.3 Å². The molecule has 0 aliphatic heterocycles. The zero-order chi connectivity index (χ0) is 21.1. The van der Waals surface area contributed by atoms with E-state index in [2.05, 4.69) is 0 Å². The van der Waals surface area contributed by atoms with Gasteiger partial charge in [0.25, 0.3) is 0 Å². The Morgan fingerprint density at radius 1 is 0.967 bits per heavy atom. The highest BCUT2D eigenvalue weighted by molar-refractivity contribution is 8.00. The van der Waals surface area contributed by atoms with Crippen molar-refractivity contribution in [1.29, 1.82) is 0 Å². The summed E-state index contributed by atoms with van der Waals surface area (Å²) >= 11 is 7.60. The molecule has 0 bridgehead atoms. The Kier molecular flexibility index (Phi) is 6.51. The quantitative estimate of drug-likeness (QED) is 0.415. The van der Waals surface area contributed by atoms with Crippen LogP contribution in [-0.4, -0.2) is 18.7 Å². The van der Waals surface area contributed by atoms with Crippen LogP contribution in [0.15, 0.2) is 75.5 Å². The van der Waals surface area contributed by atoms with Gasteiger partial charge in [-0.25, -0.2) is 13.4 Å². The van der Waals surface area contributed by atoms with Gasteiger partial charge in [-0.1, -0.05) is 61.2 Å². The zero-order valence-electron chi connectivity index (χ0n) is 16.8. The molecular weight excluding hydrogens is 434 g/mol. The molecule has 156 valence electrons. The van der Waals surface area contributed by atoms with Crippen molar-refractivity contribution in [2.75, 3.05) is 0 Å². The predicted molar refractivity (Wildman–Crippen MR) is 124 cm³/mol. The summed E-state index contributed by atoms with van der Waals surface area (Å²) in [4.78, 5) is 5.43. The summed E-state index contributed by atoms with van der Waals surface area (Å²) in [5, 5.41) is 1.52. The fourth-order valence-electron chi connectivity index (χ4n) is 3.87. The molecule has 0 spiro atoms. The first-order valence-electron chi connectivity index (χ1n) is 10.2. The molecule has 3 nitrogen and oxygen atoms in total. The second-order valence-corrected chi connectivity index (χ2v) is 11.3. The van der Waals surface area contributed by atoms with Crippen LogP contribution in [0.2, 0.25) is 5.02 Å². The van der Waals surface area contributed by atoms with Gasteiger partial charge in [0.15, 0.2) is 0 Å². The highest BCUT2D eigenvalue weighted by Gasteiger charge is 2.28. The largest absolute Gasteiger partial charge is 0.240 e. The molecule has 1 aliphatic rings.